The summed E-state index contributed by atoms with van der Waals surface area (Å²) >= 11 is 6.80. The lowest BCUT2D eigenvalue weighted by atomic mass is 10.0. The number of halogens is 1. The molecule has 7 rings (SSSR count). The van der Waals surface area contributed by atoms with E-state index in [9.17, 15) is 0 Å². The predicted octanol–water partition coefficient (Wildman–Crippen LogP) is 9.18. The molecule has 47 heavy (non-hydrogen) atoms. The summed E-state index contributed by atoms with van der Waals surface area (Å²) in [4.78, 5) is 28.9. The van der Waals surface area contributed by atoms with Crippen molar-refractivity contribution in [3.05, 3.63) is 93.6 Å². The Labute approximate surface area is 288 Å². The largest absolute Gasteiger partial charge is 0.383 e. The zero-order valence-corrected chi connectivity index (χ0v) is 29.4. The number of nitrogens with zero attached hydrogens (tertiary/aromatic N) is 6. The van der Waals surface area contributed by atoms with Crippen molar-refractivity contribution in [2.45, 2.75) is 32.9 Å². The Bertz CT molecular complexity index is 2220. The first kappa shape index (κ1) is 31.3. The highest BCUT2D eigenvalue weighted by atomic mass is 79.9. The molecular weight excluding hydrogens is 692 g/mol. The summed E-state index contributed by atoms with van der Waals surface area (Å²) in [6.07, 6.45) is 0. The highest BCUT2D eigenvalue weighted by Crippen LogP contribution is 2.36. The third-order valence-corrected chi connectivity index (χ3v) is 9.75. The van der Waals surface area contributed by atoms with E-state index in [-0.39, 0.29) is 12.1 Å². The van der Waals surface area contributed by atoms with Crippen LogP contribution in [0.15, 0.2) is 82.2 Å². The zero-order chi connectivity index (χ0) is 32.5. The van der Waals surface area contributed by atoms with Gasteiger partial charge in [-0.3, -0.25) is 0 Å². The quantitative estimate of drug-likeness (QED) is 0.143. The van der Waals surface area contributed by atoms with E-state index in [0.717, 1.165) is 64.4 Å². The molecule has 0 fully saturated rings. The van der Waals surface area contributed by atoms with Gasteiger partial charge in [-0.05, 0) is 62.7 Å². The highest BCUT2D eigenvalue weighted by molar-refractivity contribution is 9.10. The van der Waals surface area contributed by atoms with Crippen molar-refractivity contribution in [1.82, 2.24) is 29.9 Å². The molecule has 7 aromatic rings. The molecule has 0 amide bonds. The molecule has 3 aromatic carbocycles. The van der Waals surface area contributed by atoms with Crippen molar-refractivity contribution in [2.24, 2.45) is 0 Å². The lowest BCUT2D eigenvalue weighted by Crippen LogP contribution is -2.21. The summed E-state index contributed by atoms with van der Waals surface area (Å²) in [5.41, 5.74) is 11.0. The maximum Gasteiger partial charge on any atom is 0.164 e. The van der Waals surface area contributed by atoms with Crippen molar-refractivity contribution in [3.8, 4) is 33.9 Å². The summed E-state index contributed by atoms with van der Waals surface area (Å²) in [6, 6.07) is 22.8. The number of hydrogen-bond acceptors (Lipinski definition) is 11. The molecule has 236 valence electrons. The molecule has 4 heterocycles. The Morgan fingerprint density at radius 2 is 1.55 bits per heavy atom. The molecule has 12 heteroatoms. The molecule has 9 nitrogen and oxygen atoms in total. The first-order valence-corrected chi connectivity index (χ1v) is 17.6. The van der Waals surface area contributed by atoms with Gasteiger partial charge in [0.2, 0.25) is 0 Å². The first-order chi connectivity index (χ1) is 22.8. The van der Waals surface area contributed by atoms with E-state index in [1.165, 1.54) is 0 Å². The van der Waals surface area contributed by atoms with E-state index >= 15 is 0 Å². The highest BCUT2D eigenvalue weighted by Gasteiger charge is 2.18. The van der Waals surface area contributed by atoms with Crippen LogP contribution in [-0.2, 0) is 4.74 Å². The Kier molecular flexibility index (Phi) is 8.91. The van der Waals surface area contributed by atoms with Crippen LogP contribution < -0.4 is 10.6 Å². The molecule has 2 unspecified atom stereocenters. The van der Waals surface area contributed by atoms with E-state index in [0.29, 0.717) is 24.1 Å². The van der Waals surface area contributed by atoms with Crippen molar-refractivity contribution in [3.63, 3.8) is 0 Å². The fraction of sp³-hybridized carbons (Fsp3) is 0.200. The van der Waals surface area contributed by atoms with Gasteiger partial charge in [0.25, 0.3) is 0 Å². The third-order valence-electron chi connectivity index (χ3n) is 7.69. The van der Waals surface area contributed by atoms with Crippen molar-refractivity contribution < 1.29 is 4.74 Å². The average molecular weight is 724 g/mol. The molecule has 4 aromatic heterocycles. The molecule has 0 aliphatic rings. The van der Waals surface area contributed by atoms with E-state index < -0.39 is 0 Å². The van der Waals surface area contributed by atoms with E-state index in [1.807, 2.05) is 48.3 Å². The Hall–Kier alpha value is -4.36. The van der Waals surface area contributed by atoms with Crippen LogP contribution in [0.5, 0.6) is 0 Å². The van der Waals surface area contributed by atoms with Crippen LogP contribution in [0.1, 0.15) is 31.3 Å². The van der Waals surface area contributed by atoms with Crippen LogP contribution in [0, 0.1) is 6.92 Å². The van der Waals surface area contributed by atoms with Crippen LogP contribution in [0.2, 0.25) is 0 Å². The van der Waals surface area contributed by atoms with Gasteiger partial charge in [-0.25, -0.2) is 29.9 Å². The average Bonchev–Trinajstić information content (AvgIpc) is 3.73. The van der Waals surface area contributed by atoms with Crippen molar-refractivity contribution >= 4 is 70.7 Å². The fourth-order valence-corrected chi connectivity index (χ4v) is 7.38. The van der Waals surface area contributed by atoms with Gasteiger partial charge in [0.15, 0.2) is 5.82 Å². The van der Waals surface area contributed by atoms with Crippen LogP contribution >= 0.6 is 38.6 Å². The number of hydrogen-bond donors (Lipinski definition) is 2. The fourth-order valence-electron chi connectivity index (χ4n) is 5.50. The van der Waals surface area contributed by atoms with Crippen molar-refractivity contribution in [1.29, 1.82) is 0 Å². The monoisotopic (exact) mass is 722 g/mol. The smallest absolute Gasteiger partial charge is 0.164 e. The SMILES string of the molecule is COCC(C)Nc1cc(-c2cc(-c3nc(NC(C)c4cccc(Br)c4)cc(-c4ccc5ncsc5c4)n3)c3ncsc3c2)nc(C)n1. The number of ether oxygens (including phenoxy) is 1. The molecule has 0 aliphatic carbocycles. The maximum absolute atomic E-state index is 5.31. The second-order valence-electron chi connectivity index (χ2n) is 11.3. The minimum absolute atomic E-state index is 0.00637. The minimum Gasteiger partial charge on any atom is -0.383 e. The van der Waals surface area contributed by atoms with Crippen LogP contribution in [0.25, 0.3) is 54.3 Å². The molecule has 0 spiro atoms. The molecule has 0 aliphatic heterocycles. The Morgan fingerprint density at radius 3 is 2.38 bits per heavy atom. The number of rotatable bonds is 10. The first-order valence-electron chi connectivity index (χ1n) is 15.1. The van der Waals surface area contributed by atoms with Crippen LogP contribution in [0.3, 0.4) is 0 Å². The molecular formula is C35H31BrN8OS2. The summed E-state index contributed by atoms with van der Waals surface area (Å²) < 4.78 is 8.46. The molecule has 0 radical (unpaired) electrons. The lowest BCUT2D eigenvalue weighted by Gasteiger charge is -2.17. The standard InChI is InChI=1S/C35H31BrN8OS2/c1-19(16-45-4)39-32-15-29(41-21(3)42-32)24-11-26(34-31(13-24)47-18-38-34)35-43-28(23-8-9-27-30(12-23)46-17-37-27)14-33(44-35)40-20(2)22-6-5-7-25(36)10-22/h5-15,17-20H,16H2,1-4H3,(H,39,41,42)(H,40,43,44). The van der Waals surface area contributed by atoms with Gasteiger partial charge in [-0.2, -0.15) is 0 Å². The van der Waals surface area contributed by atoms with Crippen LogP contribution in [0.4, 0.5) is 11.6 Å². The number of fused-ring (bicyclic) bond motifs is 2. The zero-order valence-electron chi connectivity index (χ0n) is 26.2. The molecule has 0 saturated carbocycles. The summed E-state index contributed by atoms with van der Waals surface area (Å²) in [5, 5.41) is 7.06. The third kappa shape index (κ3) is 6.86. The van der Waals surface area contributed by atoms with Gasteiger partial charge >= 0.3 is 0 Å². The molecule has 2 atom stereocenters. The number of aryl methyl sites for hydroxylation is 1. The lowest BCUT2D eigenvalue weighted by molar-refractivity contribution is 0.190. The number of methoxy groups -OCH3 is 1. The maximum atomic E-state index is 5.31. The van der Waals surface area contributed by atoms with Gasteiger partial charge < -0.3 is 15.4 Å². The van der Waals surface area contributed by atoms with Gasteiger partial charge in [0.1, 0.15) is 17.5 Å². The molecule has 2 N–H and O–H groups in total. The normalized spacial score (nSPS) is 12.8. The topological polar surface area (TPSA) is 111 Å². The van der Waals surface area contributed by atoms with Crippen molar-refractivity contribution in [2.75, 3.05) is 24.4 Å². The minimum atomic E-state index is -0.00637. The van der Waals surface area contributed by atoms with Gasteiger partial charge in [-0.15, -0.1) is 22.7 Å². The van der Waals surface area contributed by atoms with Gasteiger partial charge in [0, 0.05) is 52.5 Å². The van der Waals surface area contributed by atoms with Gasteiger partial charge in [-0.1, -0.05) is 34.1 Å². The molecule has 0 bridgehead atoms. The van der Waals surface area contributed by atoms with E-state index in [2.05, 4.69) is 86.8 Å². The van der Waals surface area contributed by atoms with Gasteiger partial charge in [0.05, 0.1) is 49.4 Å². The van der Waals surface area contributed by atoms with Crippen LogP contribution in [-0.4, -0.2) is 49.7 Å². The number of anilines is 2. The second-order valence-corrected chi connectivity index (χ2v) is 14.0. The summed E-state index contributed by atoms with van der Waals surface area (Å²) in [6.45, 7) is 6.65. The Morgan fingerprint density at radius 1 is 0.787 bits per heavy atom. The summed E-state index contributed by atoms with van der Waals surface area (Å²) in [5.74, 6) is 2.71. The number of benzene rings is 3. The van der Waals surface area contributed by atoms with E-state index in [4.69, 9.17) is 24.7 Å². The number of aromatic nitrogens is 6. The molecule has 0 saturated heterocycles. The summed E-state index contributed by atoms with van der Waals surface area (Å²) in [7, 11) is 1.69. The van der Waals surface area contributed by atoms with E-state index in [1.54, 1.807) is 29.8 Å². The number of thiazole rings is 2. The number of nitrogens with one attached hydrogen (secondary N) is 2. The second kappa shape index (κ2) is 13.4. The predicted molar refractivity (Wildman–Crippen MR) is 196 cm³/mol. The Balaban J connectivity index is 1.36.